The lowest BCUT2D eigenvalue weighted by Crippen LogP contribution is -2.57. The van der Waals surface area contributed by atoms with E-state index in [9.17, 15) is 18.0 Å². The highest BCUT2D eigenvalue weighted by molar-refractivity contribution is 5.94. The molecule has 1 atom stereocenters. The van der Waals surface area contributed by atoms with Gasteiger partial charge in [0.25, 0.3) is 5.91 Å². The molecule has 1 amide bonds. The van der Waals surface area contributed by atoms with E-state index in [1.54, 1.807) is 6.07 Å². The smallest absolute Gasteiger partial charge is 0.350 e. The Morgan fingerprint density at radius 2 is 1.81 bits per heavy atom. The molecule has 0 bridgehead atoms. The minimum Gasteiger partial charge on any atom is -0.350 e. The standard InChI is InChI=1S/C18H24F3N3O.ClH/c19-18(20,21)16(24-9-7-22-8-10-24)12-23-17(25)15-6-5-13-3-1-2-4-14(13)11-15;/h5-6,11,16,22H,1-4,7-10,12H2,(H,23,25);1H. The van der Waals surface area contributed by atoms with Crippen molar-refractivity contribution in [3.05, 3.63) is 34.9 Å². The molecule has 0 radical (unpaired) electrons. The summed E-state index contributed by atoms with van der Waals surface area (Å²) >= 11 is 0. The first kappa shape index (κ1) is 21.0. The molecule has 8 heteroatoms. The first-order valence-electron chi connectivity index (χ1n) is 8.86. The number of rotatable bonds is 4. The summed E-state index contributed by atoms with van der Waals surface area (Å²) in [7, 11) is 0. The monoisotopic (exact) mass is 391 g/mol. The molecule has 0 aromatic heterocycles. The number of alkyl halides is 3. The number of piperazine rings is 1. The maximum absolute atomic E-state index is 13.4. The fraction of sp³-hybridized carbons (Fsp3) is 0.611. The molecule has 1 saturated heterocycles. The third-order valence-corrected chi connectivity index (χ3v) is 5.04. The van der Waals surface area contributed by atoms with Gasteiger partial charge in [-0.25, -0.2) is 0 Å². The quantitative estimate of drug-likeness (QED) is 0.829. The number of amides is 1. The van der Waals surface area contributed by atoms with E-state index in [4.69, 9.17) is 0 Å². The molecule has 1 aliphatic carbocycles. The zero-order chi connectivity index (χ0) is 17.9. The van der Waals surface area contributed by atoms with Gasteiger partial charge in [-0.2, -0.15) is 13.2 Å². The SMILES string of the molecule is Cl.O=C(NCC(N1CCNCC1)C(F)(F)F)c1ccc2c(c1)CCCC2. The highest BCUT2D eigenvalue weighted by Gasteiger charge is 2.43. The summed E-state index contributed by atoms with van der Waals surface area (Å²) in [6, 6.07) is 3.83. The average Bonchev–Trinajstić information content (AvgIpc) is 2.61. The van der Waals surface area contributed by atoms with Crippen molar-refractivity contribution in [1.29, 1.82) is 0 Å². The van der Waals surface area contributed by atoms with E-state index < -0.39 is 24.7 Å². The van der Waals surface area contributed by atoms with Crippen molar-refractivity contribution in [1.82, 2.24) is 15.5 Å². The van der Waals surface area contributed by atoms with Gasteiger partial charge < -0.3 is 10.6 Å². The van der Waals surface area contributed by atoms with Gasteiger partial charge in [0, 0.05) is 38.3 Å². The second-order valence-electron chi connectivity index (χ2n) is 6.74. The van der Waals surface area contributed by atoms with Crippen LogP contribution in [0.4, 0.5) is 13.2 Å². The molecule has 0 saturated carbocycles. The van der Waals surface area contributed by atoms with Gasteiger partial charge in [0.05, 0.1) is 0 Å². The van der Waals surface area contributed by atoms with Crippen molar-refractivity contribution in [2.24, 2.45) is 0 Å². The van der Waals surface area contributed by atoms with Crippen molar-refractivity contribution in [3.63, 3.8) is 0 Å². The molecule has 2 N–H and O–H groups in total. The number of fused-ring (bicyclic) bond motifs is 1. The van der Waals surface area contributed by atoms with Gasteiger partial charge >= 0.3 is 6.18 Å². The Hall–Kier alpha value is -1.31. The minimum atomic E-state index is -4.36. The number of nitrogens with one attached hydrogen (secondary N) is 2. The van der Waals surface area contributed by atoms with Crippen LogP contribution in [-0.4, -0.2) is 55.7 Å². The van der Waals surface area contributed by atoms with E-state index in [2.05, 4.69) is 10.6 Å². The molecule has 0 spiro atoms. The van der Waals surface area contributed by atoms with Crippen LogP contribution >= 0.6 is 12.4 Å². The van der Waals surface area contributed by atoms with Gasteiger partial charge in [0.2, 0.25) is 0 Å². The van der Waals surface area contributed by atoms with E-state index in [1.807, 2.05) is 12.1 Å². The molecule has 3 rings (SSSR count). The third kappa shape index (κ3) is 5.11. The molecular weight excluding hydrogens is 367 g/mol. The van der Waals surface area contributed by atoms with E-state index in [-0.39, 0.29) is 12.4 Å². The lowest BCUT2D eigenvalue weighted by Gasteiger charge is -2.35. The van der Waals surface area contributed by atoms with E-state index >= 15 is 0 Å². The molecule has 26 heavy (non-hydrogen) atoms. The van der Waals surface area contributed by atoms with Crippen molar-refractivity contribution in [2.75, 3.05) is 32.7 Å². The van der Waals surface area contributed by atoms with Crippen LogP contribution < -0.4 is 10.6 Å². The summed E-state index contributed by atoms with van der Waals surface area (Å²) < 4.78 is 40.1. The second-order valence-corrected chi connectivity index (χ2v) is 6.74. The highest BCUT2D eigenvalue weighted by atomic mass is 35.5. The summed E-state index contributed by atoms with van der Waals surface area (Å²) in [6.45, 7) is 1.31. The van der Waals surface area contributed by atoms with Crippen molar-refractivity contribution in [3.8, 4) is 0 Å². The van der Waals surface area contributed by atoms with E-state index in [1.165, 1.54) is 10.5 Å². The molecule has 2 aliphatic rings. The second kappa shape index (κ2) is 9.06. The molecule has 1 aromatic carbocycles. The van der Waals surface area contributed by atoms with Crippen LogP contribution in [0.25, 0.3) is 0 Å². The summed E-state index contributed by atoms with van der Waals surface area (Å²) in [6.07, 6.45) is -0.174. The number of carbonyl (C=O) groups excluding carboxylic acids is 1. The molecule has 4 nitrogen and oxygen atoms in total. The number of aryl methyl sites for hydroxylation is 2. The molecule has 1 heterocycles. The lowest BCUT2D eigenvalue weighted by atomic mass is 9.90. The summed E-state index contributed by atoms with van der Waals surface area (Å²) in [4.78, 5) is 13.7. The molecular formula is C18H25ClF3N3O. The summed E-state index contributed by atoms with van der Waals surface area (Å²) in [5.41, 5.74) is 2.84. The van der Waals surface area contributed by atoms with Crippen molar-refractivity contribution in [2.45, 2.75) is 37.9 Å². The van der Waals surface area contributed by atoms with Crippen molar-refractivity contribution >= 4 is 18.3 Å². The zero-order valence-electron chi connectivity index (χ0n) is 14.6. The normalized spacial score (nSPS) is 19.2. The number of nitrogens with zero attached hydrogens (tertiary/aromatic N) is 1. The maximum Gasteiger partial charge on any atom is 0.405 e. The highest BCUT2D eigenvalue weighted by Crippen LogP contribution is 2.25. The molecule has 1 aromatic rings. The van der Waals surface area contributed by atoms with Crippen LogP contribution in [0.3, 0.4) is 0 Å². The summed E-state index contributed by atoms with van der Waals surface area (Å²) in [5, 5.41) is 5.53. The van der Waals surface area contributed by atoms with Gasteiger partial charge in [0.1, 0.15) is 6.04 Å². The van der Waals surface area contributed by atoms with Gasteiger partial charge in [-0.3, -0.25) is 9.69 Å². The van der Waals surface area contributed by atoms with Gasteiger partial charge in [-0.1, -0.05) is 6.07 Å². The number of carbonyl (C=O) groups is 1. The van der Waals surface area contributed by atoms with Gasteiger partial charge in [-0.05, 0) is 48.9 Å². The van der Waals surface area contributed by atoms with Crippen LogP contribution in [0.1, 0.15) is 34.3 Å². The largest absolute Gasteiger partial charge is 0.405 e. The fourth-order valence-corrected chi connectivity index (χ4v) is 3.61. The van der Waals surface area contributed by atoms with Crippen LogP contribution in [0, 0.1) is 0 Å². The zero-order valence-corrected chi connectivity index (χ0v) is 15.4. The molecule has 1 unspecified atom stereocenters. The van der Waals surface area contributed by atoms with E-state index in [0.717, 1.165) is 31.2 Å². The number of hydrogen-bond donors (Lipinski definition) is 2. The van der Waals surface area contributed by atoms with E-state index in [0.29, 0.717) is 31.7 Å². The Morgan fingerprint density at radius 3 is 2.46 bits per heavy atom. The first-order chi connectivity index (χ1) is 11.9. The molecule has 146 valence electrons. The Balaban J connectivity index is 0.00000243. The first-order valence-corrected chi connectivity index (χ1v) is 8.86. The Labute approximate surface area is 157 Å². The average molecular weight is 392 g/mol. The predicted octanol–water partition coefficient (Wildman–Crippen LogP) is 2.55. The molecule has 1 fully saturated rings. The van der Waals surface area contributed by atoms with Crippen LogP contribution in [0.5, 0.6) is 0 Å². The Morgan fingerprint density at radius 1 is 1.15 bits per heavy atom. The maximum atomic E-state index is 13.4. The number of hydrogen-bond acceptors (Lipinski definition) is 3. The van der Waals surface area contributed by atoms with Crippen LogP contribution in [0.2, 0.25) is 0 Å². The topological polar surface area (TPSA) is 44.4 Å². The number of halogens is 4. The van der Waals surface area contributed by atoms with Crippen molar-refractivity contribution < 1.29 is 18.0 Å². The predicted molar refractivity (Wildman–Crippen MR) is 97.0 cm³/mol. The van der Waals surface area contributed by atoms with Gasteiger partial charge in [-0.15, -0.1) is 12.4 Å². The lowest BCUT2D eigenvalue weighted by molar-refractivity contribution is -0.183. The molecule has 1 aliphatic heterocycles. The minimum absolute atomic E-state index is 0. The van der Waals surface area contributed by atoms with Crippen LogP contribution in [0.15, 0.2) is 18.2 Å². The van der Waals surface area contributed by atoms with Gasteiger partial charge in [0.15, 0.2) is 0 Å². The Kier molecular flexibility index (Phi) is 7.32. The third-order valence-electron chi connectivity index (χ3n) is 5.04. The van der Waals surface area contributed by atoms with Crippen LogP contribution in [-0.2, 0) is 12.8 Å². The number of benzene rings is 1. The summed E-state index contributed by atoms with van der Waals surface area (Å²) in [5.74, 6) is -0.433. The Bertz CT molecular complexity index is 618. The fourth-order valence-electron chi connectivity index (χ4n) is 3.61.